The molecule has 0 saturated carbocycles. The highest BCUT2D eigenvalue weighted by molar-refractivity contribution is 7.99. The zero-order valence-corrected chi connectivity index (χ0v) is 16.0. The summed E-state index contributed by atoms with van der Waals surface area (Å²) in [7, 11) is -2.92. The summed E-state index contributed by atoms with van der Waals surface area (Å²) in [4.78, 5) is 12.2. The van der Waals surface area contributed by atoms with Crippen molar-refractivity contribution in [1.29, 1.82) is 0 Å². The van der Waals surface area contributed by atoms with Gasteiger partial charge < -0.3 is 9.15 Å². The molecule has 0 spiro atoms. The molecule has 0 radical (unpaired) electrons. The van der Waals surface area contributed by atoms with Crippen LogP contribution in [0.2, 0.25) is 0 Å². The predicted molar refractivity (Wildman–Crippen MR) is 97.4 cm³/mol. The van der Waals surface area contributed by atoms with E-state index in [9.17, 15) is 13.2 Å². The van der Waals surface area contributed by atoms with Crippen molar-refractivity contribution in [2.75, 3.05) is 23.9 Å². The van der Waals surface area contributed by atoms with Gasteiger partial charge in [0.05, 0.1) is 23.9 Å². The molecule has 1 aromatic heterocycles. The second-order valence-electron chi connectivity index (χ2n) is 6.10. The van der Waals surface area contributed by atoms with Crippen LogP contribution in [0, 0.1) is 5.92 Å². The number of thioether (sulfide) groups is 1. The summed E-state index contributed by atoms with van der Waals surface area (Å²) in [6.45, 7) is 2.48. The SMILES string of the molecule is CCOc1ccc(C(=O)CSc2nnc(C[C@H]3CCS(=O)(=O)C3)o2)cc1. The van der Waals surface area contributed by atoms with Crippen LogP contribution in [-0.4, -0.2) is 48.3 Å². The fourth-order valence-electron chi connectivity index (χ4n) is 2.77. The zero-order valence-electron chi connectivity index (χ0n) is 14.4. The Bertz CT molecular complexity index is 862. The monoisotopic (exact) mass is 396 g/mol. The average Bonchev–Trinajstić information content (AvgIpc) is 3.20. The fraction of sp³-hybridized carbons (Fsp3) is 0.471. The molecule has 26 heavy (non-hydrogen) atoms. The van der Waals surface area contributed by atoms with Gasteiger partial charge in [0.1, 0.15) is 5.75 Å². The number of aromatic nitrogens is 2. The van der Waals surface area contributed by atoms with Gasteiger partial charge in [-0.25, -0.2) is 8.42 Å². The number of benzene rings is 1. The van der Waals surface area contributed by atoms with Crippen LogP contribution in [0.5, 0.6) is 5.75 Å². The Hall–Kier alpha value is -1.87. The van der Waals surface area contributed by atoms with Crippen molar-refractivity contribution >= 4 is 27.4 Å². The normalized spacial score (nSPS) is 18.7. The Morgan fingerprint density at radius 3 is 2.73 bits per heavy atom. The van der Waals surface area contributed by atoms with Crippen LogP contribution in [0.25, 0.3) is 0 Å². The molecule has 2 aromatic rings. The maximum Gasteiger partial charge on any atom is 0.277 e. The van der Waals surface area contributed by atoms with Gasteiger partial charge in [-0.3, -0.25) is 4.79 Å². The Morgan fingerprint density at radius 1 is 1.31 bits per heavy atom. The number of ether oxygens (including phenoxy) is 1. The van der Waals surface area contributed by atoms with Gasteiger partial charge in [-0.1, -0.05) is 11.8 Å². The molecule has 9 heteroatoms. The minimum Gasteiger partial charge on any atom is -0.494 e. The zero-order chi connectivity index (χ0) is 18.6. The van der Waals surface area contributed by atoms with E-state index in [1.54, 1.807) is 24.3 Å². The van der Waals surface area contributed by atoms with E-state index in [0.717, 1.165) is 5.75 Å². The molecule has 1 atom stereocenters. The maximum absolute atomic E-state index is 12.2. The van der Waals surface area contributed by atoms with Crippen LogP contribution in [0.3, 0.4) is 0 Å². The van der Waals surface area contributed by atoms with Crippen molar-refractivity contribution in [3.05, 3.63) is 35.7 Å². The first-order valence-corrected chi connectivity index (χ1v) is 11.2. The molecule has 3 rings (SSSR count). The van der Waals surface area contributed by atoms with Gasteiger partial charge in [-0.05, 0) is 43.5 Å². The molecular weight excluding hydrogens is 376 g/mol. The first-order valence-electron chi connectivity index (χ1n) is 8.37. The Morgan fingerprint density at radius 2 is 2.08 bits per heavy atom. The second-order valence-corrected chi connectivity index (χ2v) is 9.26. The molecule has 7 nitrogen and oxygen atoms in total. The van der Waals surface area contributed by atoms with E-state index in [2.05, 4.69) is 10.2 Å². The Kier molecular flexibility index (Phi) is 5.98. The summed E-state index contributed by atoms with van der Waals surface area (Å²) in [5.41, 5.74) is 0.594. The Labute approximate surface area is 156 Å². The summed E-state index contributed by atoms with van der Waals surface area (Å²) < 4.78 is 33.9. The van der Waals surface area contributed by atoms with Crippen LogP contribution in [0.15, 0.2) is 33.9 Å². The number of ketones is 1. The predicted octanol–water partition coefficient (Wildman–Crippen LogP) is 2.42. The van der Waals surface area contributed by atoms with E-state index >= 15 is 0 Å². The molecule has 0 unspecified atom stereocenters. The summed E-state index contributed by atoms with van der Waals surface area (Å²) in [5.74, 6) is 1.73. The van der Waals surface area contributed by atoms with Crippen LogP contribution in [0.4, 0.5) is 0 Å². The number of rotatable bonds is 8. The number of sulfone groups is 1. The van der Waals surface area contributed by atoms with Gasteiger partial charge in [-0.15, -0.1) is 10.2 Å². The molecule has 2 heterocycles. The van der Waals surface area contributed by atoms with Crippen molar-refractivity contribution in [2.24, 2.45) is 5.92 Å². The van der Waals surface area contributed by atoms with Crippen LogP contribution >= 0.6 is 11.8 Å². The smallest absolute Gasteiger partial charge is 0.277 e. The molecule has 1 saturated heterocycles. The van der Waals surface area contributed by atoms with E-state index in [1.807, 2.05) is 6.92 Å². The lowest BCUT2D eigenvalue weighted by atomic mass is 10.1. The molecule has 0 aliphatic carbocycles. The van der Waals surface area contributed by atoms with Crippen LogP contribution < -0.4 is 4.74 Å². The summed E-state index contributed by atoms with van der Waals surface area (Å²) in [5, 5.41) is 8.19. The molecule has 1 aliphatic rings. The van der Waals surface area contributed by atoms with Crippen molar-refractivity contribution in [3.8, 4) is 5.75 Å². The van der Waals surface area contributed by atoms with Crippen molar-refractivity contribution in [3.63, 3.8) is 0 Å². The summed E-state index contributed by atoms with van der Waals surface area (Å²) in [6, 6.07) is 6.99. The topological polar surface area (TPSA) is 99.4 Å². The standard InChI is InChI=1S/C17H20N2O5S2/c1-2-23-14-5-3-13(4-6-14)15(20)10-25-17-19-18-16(24-17)9-12-7-8-26(21,22)11-12/h3-6,12H,2,7-11H2,1H3/t12-/m1/s1. The molecule has 0 bridgehead atoms. The van der Waals surface area contributed by atoms with Gasteiger partial charge in [0.25, 0.3) is 5.22 Å². The van der Waals surface area contributed by atoms with E-state index in [-0.39, 0.29) is 29.0 Å². The average molecular weight is 396 g/mol. The lowest BCUT2D eigenvalue weighted by Crippen LogP contribution is -2.07. The number of Topliss-reactive ketones (excluding diaryl/α,β-unsaturated/α-hetero) is 1. The molecule has 1 aliphatic heterocycles. The highest BCUT2D eigenvalue weighted by Crippen LogP contribution is 2.24. The number of carbonyl (C=O) groups is 1. The highest BCUT2D eigenvalue weighted by Gasteiger charge is 2.29. The summed E-state index contributed by atoms with van der Waals surface area (Å²) in [6.07, 6.45) is 1.09. The second kappa shape index (κ2) is 8.22. The van der Waals surface area contributed by atoms with Crippen LogP contribution in [-0.2, 0) is 16.3 Å². The molecule has 140 valence electrons. The first kappa shape index (κ1) is 18.9. The van der Waals surface area contributed by atoms with Crippen molar-refractivity contribution < 1.29 is 22.4 Å². The van der Waals surface area contributed by atoms with Gasteiger partial charge >= 0.3 is 0 Å². The van der Waals surface area contributed by atoms with E-state index in [0.29, 0.717) is 36.1 Å². The van der Waals surface area contributed by atoms with E-state index in [4.69, 9.17) is 9.15 Å². The third-order valence-corrected chi connectivity index (χ3v) is 6.71. The third kappa shape index (κ3) is 5.07. The third-order valence-electron chi connectivity index (χ3n) is 4.05. The minimum atomic E-state index is -2.92. The highest BCUT2D eigenvalue weighted by atomic mass is 32.2. The van der Waals surface area contributed by atoms with Crippen molar-refractivity contribution in [1.82, 2.24) is 10.2 Å². The first-order chi connectivity index (χ1) is 12.4. The number of hydrogen-bond acceptors (Lipinski definition) is 8. The molecule has 0 amide bonds. The fourth-order valence-corrected chi connectivity index (χ4v) is 5.31. The van der Waals surface area contributed by atoms with E-state index < -0.39 is 9.84 Å². The maximum atomic E-state index is 12.2. The number of hydrogen-bond donors (Lipinski definition) is 0. The molecule has 1 aromatic carbocycles. The quantitative estimate of drug-likeness (QED) is 0.495. The van der Waals surface area contributed by atoms with Gasteiger partial charge in [-0.2, -0.15) is 0 Å². The minimum absolute atomic E-state index is 0.0313. The van der Waals surface area contributed by atoms with E-state index in [1.165, 1.54) is 11.8 Å². The lowest BCUT2D eigenvalue weighted by Gasteiger charge is -2.04. The Balaban J connectivity index is 1.50. The van der Waals surface area contributed by atoms with Crippen molar-refractivity contribution in [2.45, 2.75) is 25.0 Å². The van der Waals surface area contributed by atoms with Gasteiger partial charge in [0.15, 0.2) is 15.6 Å². The lowest BCUT2D eigenvalue weighted by molar-refractivity contribution is 0.102. The summed E-state index contributed by atoms with van der Waals surface area (Å²) >= 11 is 1.18. The number of nitrogens with zero attached hydrogens (tertiary/aromatic N) is 2. The molecule has 0 N–H and O–H groups in total. The van der Waals surface area contributed by atoms with Crippen LogP contribution in [0.1, 0.15) is 29.6 Å². The molecule has 1 fully saturated rings. The van der Waals surface area contributed by atoms with Gasteiger partial charge in [0.2, 0.25) is 5.89 Å². The van der Waals surface area contributed by atoms with Gasteiger partial charge in [0, 0.05) is 12.0 Å². The molecular formula is C17H20N2O5S2. The largest absolute Gasteiger partial charge is 0.494 e. The number of carbonyl (C=O) groups excluding carboxylic acids is 1.